The third-order valence-electron chi connectivity index (χ3n) is 4.77. The van der Waals surface area contributed by atoms with Crippen molar-refractivity contribution in [3.8, 4) is 0 Å². The van der Waals surface area contributed by atoms with E-state index in [-0.39, 0.29) is 11.1 Å². The van der Waals surface area contributed by atoms with Gasteiger partial charge in [0.1, 0.15) is 0 Å². The highest BCUT2D eigenvalue weighted by molar-refractivity contribution is 5.88. The first kappa shape index (κ1) is 24.0. The van der Waals surface area contributed by atoms with Crippen molar-refractivity contribution in [1.82, 2.24) is 0 Å². The normalized spacial score (nSPS) is 16.8. The van der Waals surface area contributed by atoms with E-state index in [0.717, 1.165) is 19.3 Å². The molecule has 28 heavy (non-hydrogen) atoms. The zero-order valence-corrected chi connectivity index (χ0v) is 16.9. The van der Waals surface area contributed by atoms with Crippen molar-refractivity contribution in [3.63, 3.8) is 0 Å². The third-order valence-corrected chi connectivity index (χ3v) is 4.77. The molecule has 0 bridgehead atoms. The number of hydrogen-bond donors (Lipinski definition) is 1. The molecule has 1 fully saturated rings. The molecule has 1 N–H and O–H groups in total. The SMILES string of the molecule is C=C1CCCCC1.CC.O=C(O)c1ccc(C2=CCCCC2)c(C(F)(F)F)c1. The van der Waals surface area contributed by atoms with Gasteiger partial charge in [0.05, 0.1) is 11.1 Å². The van der Waals surface area contributed by atoms with E-state index in [0.29, 0.717) is 18.1 Å². The van der Waals surface area contributed by atoms with Crippen molar-refractivity contribution in [2.45, 2.75) is 77.8 Å². The summed E-state index contributed by atoms with van der Waals surface area (Å²) in [6, 6.07) is 3.21. The number of aromatic carboxylic acids is 1. The van der Waals surface area contributed by atoms with Crippen LogP contribution in [0.15, 0.2) is 36.4 Å². The maximum atomic E-state index is 13.0. The zero-order chi connectivity index (χ0) is 21.2. The Hall–Kier alpha value is -2.04. The topological polar surface area (TPSA) is 37.3 Å². The fourth-order valence-electron chi connectivity index (χ4n) is 3.33. The first-order chi connectivity index (χ1) is 13.3. The second kappa shape index (κ2) is 11.7. The van der Waals surface area contributed by atoms with Crippen molar-refractivity contribution in [3.05, 3.63) is 53.1 Å². The van der Waals surface area contributed by atoms with Gasteiger partial charge < -0.3 is 5.11 Å². The van der Waals surface area contributed by atoms with Gasteiger partial charge in [-0.05, 0) is 74.6 Å². The molecular formula is C23H31F3O2. The fraction of sp³-hybridized carbons (Fsp3) is 0.522. The smallest absolute Gasteiger partial charge is 0.417 e. The number of carboxylic acids is 1. The van der Waals surface area contributed by atoms with Crippen LogP contribution in [0.2, 0.25) is 0 Å². The van der Waals surface area contributed by atoms with Gasteiger partial charge in [0.25, 0.3) is 0 Å². The number of benzene rings is 1. The van der Waals surface area contributed by atoms with Crippen LogP contribution >= 0.6 is 0 Å². The van der Waals surface area contributed by atoms with Gasteiger partial charge in [-0.1, -0.05) is 44.6 Å². The number of alkyl halides is 3. The average molecular weight is 396 g/mol. The molecule has 1 aromatic rings. The predicted octanol–water partition coefficient (Wildman–Crippen LogP) is 7.89. The van der Waals surface area contributed by atoms with Crippen LogP contribution in [0.4, 0.5) is 13.2 Å². The van der Waals surface area contributed by atoms with Gasteiger partial charge in [-0.3, -0.25) is 0 Å². The summed E-state index contributed by atoms with van der Waals surface area (Å²) in [5.41, 5.74) is 1.03. The monoisotopic (exact) mass is 396 g/mol. The third kappa shape index (κ3) is 7.53. The molecule has 0 saturated heterocycles. The minimum Gasteiger partial charge on any atom is -0.478 e. The first-order valence-electron chi connectivity index (χ1n) is 10.1. The highest BCUT2D eigenvalue weighted by atomic mass is 19.4. The zero-order valence-electron chi connectivity index (χ0n) is 16.9. The van der Waals surface area contributed by atoms with Crippen molar-refractivity contribution in [1.29, 1.82) is 0 Å². The van der Waals surface area contributed by atoms with E-state index in [1.807, 2.05) is 19.9 Å². The second-order valence-electron chi connectivity index (χ2n) is 6.85. The summed E-state index contributed by atoms with van der Waals surface area (Å²) >= 11 is 0. The van der Waals surface area contributed by atoms with Crippen molar-refractivity contribution in [2.24, 2.45) is 0 Å². The van der Waals surface area contributed by atoms with Gasteiger partial charge in [0, 0.05) is 0 Å². The Labute approximate surface area is 166 Å². The van der Waals surface area contributed by atoms with Crippen LogP contribution < -0.4 is 0 Å². The predicted molar refractivity (Wildman–Crippen MR) is 108 cm³/mol. The maximum Gasteiger partial charge on any atom is 0.417 e. The maximum absolute atomic E-state index is 13.0. The van der Waals surface area contributed by atoms with Crippen LogP contribution in [-0.2, 0) is 6.18 Å². The molecule has 0 heterocycles. The Morgan fingerprint density at radius 2 is 1.61 bits per heavy atom. The highest BCUT2D eigenvalue weighted by Crippen LogP contribution is 2.38. The molecule has 156 valence electrons. The fourth-order valence-corrected chi connectivity index (χ4v) is 3.33. The average Bonchev–Trinajstić information content (AvgIpc) is 2.70. The molecule has 0 radical (unpaired) electrons. The summed E-state index contributed by atoms with van der Waals surface area (Å²) in [6.45, 7) is 7.91. The lowest BCUT2D eigenvalue weighted by atomic mass is 9.89. The van der Waals surface area contributed by atoms with Crippen LogP contribution in [0.5, 0.6) is 0 Å². The lowest BCUT2D eigenvalue weighted by Crippen LogP contribution is -2.11. The van der Waals surface area contributed by atoms with Crippen LogP contribution in [0, 0.1) is 0 Å². The van der Waals surface area contributed by atoms with Crippen LogP contribution in [0.3, 0.4) is 0 Å². The van der Waals surface area contributed by atoms with E-state index in [2.05, 4.69) is 6.58 Å². The molecule has 1 saturated carbocycles. The summed E-state index contributed by atoms with van der Waals surface area (Å²) in [5.74, 6) is -1.35. The summed E-state index contributed by atoms with van der Waals surface area (Å²) in [6.07, 6.45) is 7.29. The number of rotatable bonds is 2. The molecule has 0 aliphatic heterocycles. The second-order valence-corrected chi connectivity index (χ2v) is 6.85. The quantitative estimate of drug-likeness (QED) is 0.516. The van der Waals surface area contributed by atoms with Crippen molar-refractivity contribution in [2.75, 3.05) is 0 Å². The lowest BCUT2D eigenvalue weighted by molar-refractivity contribution is -0.137. The molecule has 0 atom stereocenters. The van der Waals surface area contributed by atoms with Gasteiger partial charge in [-0.15, -0.1) is 0 Å². The molecule has 2 aliphatic carbocycles. The van der Waals surface area contributed by atoms with Crippen LogP contribution in [0.1, 0.15) is 93.1 Å². The standard InChI is InChI=1S/C14H13F3O2.C7H12.C2H6/c15-14(16,17)12-8-10(13(18)19)6-7-11(12)9-4-2-1-3-5-9;1-7-5-3-2-4-6-7;1-2/h4,6-8H,1-3,5H2,(H,18,19);1-6H2;1-2H3. The van der Waals surface area contributed by atoms with E-state index in [4.69, 9.17) is 5.11 Å². The van der Waals surface area contributed by atoms with Gasteiger partial charge in [-0.25, -0.2) is 4.79 Å². The molecule has 1 aromatic carbocycles. The van der Waals surface area contributed by atoms with E-state index >= 15 is 0 Å². The Morgan fingerprint density at radius 3 is 2.04 bits per heavy atom. The lowest BCUT2D eigenvalue weighted by Gasteiger charge is -2.18. The Balaban J connectivity index is 0.000000363. The summed E-state index contributed by atoms with van der Waals surface area (Å²) < 4.78 is 39.1. The highest BCUT2D eigenvalue weighted by Gasteiger charge is 2.35. The number of carbonyl (C=O) groups is 1. The minimum absolute atomic E-state index is 0.109. The largest absolute Gasteiger partial charge is 0.478 e. The Morgan fingerprint density at radius 1 is 1.00 bits per heavy atom. The number of halogens is 3. The number of allylic oxidation sites excluding steroid dienone is 3. The van der Waals surface area contributed by atoms with Crippen LogP contribution in [-0.4, -0.2) is 11.1 Å². The van der Waals surface area contributed by atoms with E-state index in [1.54, 1.807) is 0 Å². The minimum atomic E-state index is -4.54. The molecule has 0 spiro atoms. The number of hydrogen-bond acceptors (Lipinski definition) is 1. The van der Waals surface area contributed by atoms with E-state index in [9.17, 15) is 18.0 Å². The molecule has 5 heteroatoms. The van der Waals surface area contributed by atoms with Crippen LogP contribution in [0.25, 0.3) is 5.57 Å². The molecule has 3 rings (SSSR count). The van der Waals surface area contributed by atoms with Crippen molar-refractivity contribution < 1.29 is 23.1 Å². The van der Waals surface area contributed by atoms with Gasteiger partial charge in [0.2, 0.25) is 0 Å². The molecular weight excluding hydrogens is 365 g/mol. The molecule has 0 aromatic heterocycles. The summed E-state index contributed by atoms with van der Waals surface area (Å²) in [4.78, 5) is 10.8. The molecule has 0 amide bonds. The Bertz CT molecular complexity index is 680. The Kier molecular flexibility index (Phi) is 10.0. The summed E-state index contributed by atoms with van der Waals surface area (Å²) in [5, 5.41) is 8.79. The molecule has 0 unspecified atom stereocenters. The first-order valence-corrected chi connectivity index (χ1v) is 10.1. The van der Waals surface area contributed by atoms with Crippen molar-refractivity contribution >= 4 is 11.5 Å². The van der Waals surface area contributed by atoms with Gasteiger partial charge in [-0.2, -0.15) is 13.2 Å². The van der Waals surface area contributed by atoms with E-state index < -0.39 is 17.7 Å². The number of carboxylic acid groups (broad SMARTS) is 1. The molecule has 2 nitrogen and oxygen atoms in total. The van der Waals surface area contributed by atoms with Gasteiger partial charge in [0.15, 0.2) is 0 Å². The van der Waals surface area contributed by atoms with E-state index in [1.165, 1.54) is 49.8 Å². The molecule has 2 aliphatic rings. The van der Waals surface area contributed by atoms with Gasteiger partial charge >= 0.3 is 12.1 Å². The summed E-state index contributed by atoms with van der Waals surface area (Å²) in [7, 11) is 0.